The summed E-state index contributed by atoms with van der Waals surface area (Å²) in [6, 6.07) is 17.9. The molecular weight excluding hydrogens is 412 g/mol. The molecule has 1 aliphatic carbocycles. The lowest BCUT2D eigenvalue weighted by Crippen LogP contribution is -2.37. The van der Waals surface area contributed by atoms with Gasteiger partial charge in [-0.2, -0.15) is 0 Å². The van der Waals surface area contributed by atoms with Gasteiger partial charge in [-0.3, -0.25) is 14.6 Å². The molecule has 2 aromatic carbocycles. The van der Waals surface area contributed by atoms with E-state index in [0.717, 1.165) is 54.2 Å². The van der Waals surface area contributed by atoms with Gasteiger partial charge in [0.05, 0.1) is 0 Å². The molecule has 0 bridgehead atoms. The highest BCUT2D eigenvalue weighted by Crippen LogP contribution is 2.44. The number of esters is 1. The van der Waals surface area contributed by atoms with Crippen molar-refractivity contribution in [1.82, 2.24) is 0 Å². The van der Waals surface area contributed by atoms with Gasteiger partial charge in [0.1, 0.15) is 12.5 Å². The Morgan fingerprint density at radius 1 is 1.03 bits per heavy atom. The van der Waals surface area contributed by atoms with Gasteiger partial charge in [0.2, 0.25) is 0 Å². The SMILES string of the molecule is CCN(CC)c1ccc(C2C3=C(CCCC3=O)N=C(C)C2C(=O)OCc2ccccc2)cc1. The van der Waals surface area contributed by atoms with Crippen LogP contribution in [-0.2, 0) is 20.9 Å². The Balaban J connectivity index is 1.68. The summed E-state index contributed by atoms with van der Waals surface area (Å²) in [5.74, 6) is -1.19. The highest BCUT2D eigenvalue weighted by atomic mass is 16.5. The van der Waals surface area contributed by atoms with Crippen LogP contribution in [-0.4, -0.2) is 30.6 Å². The quantitative estimate of drug-likeness (QED) is 0.532. The standard InChI is InChI=1S/C28H32N2O3/c1-4-30(5-2)22-16-14-21(15-17-22)26-25(28(32)33-18-20-10-7-6-8-11-20)19(3)29-23-12-9-13-24(31)27(23)26/h6-8,10-11,14-17,25-26H,4-5,9,12-13,18H2,1-3H3. The second-order valence-electron chi connectivity index (χ2n) is 8.70. The van der Waals surface area contributed by atoms with Gasteiger partial charge in [0, 0.05) is 48.1 Å². The summed E-state index contributed by atoms with van der Waals surface area (Å²) in [5.41, 5.74) is 5.30. The molecule has 5 nitrogen and oxygen atoms in total. The van der Waals surface area contributed by atoms with E-state index in [1.165, 1.54) is 0 Å². The summed E-state index contributed by atoms with van der Waals surface area (Å²) in [4.78, 5) is 33.4. The number of carbonyl (C=O) groups is 2. The van der Waals surface area contributed by atoms with Crippen LogP contribution < -0.4 is 4.90 Å². The zero-order valence-corrected chi connectivity index (χ0v) is 19.7. The fourth-order valence-corrected chi connectivity index (χ4v) is 4.97. The normalized spacial score (nSPS) is 20.2. The molecule has 0 spiro atoms. The van der Waals surface area contributed by atoms with E-state index in [-0.39, 0.29) is 24.3 Å². The van der Waals surface area contributed by atoms with Gasteiger partial charge in [-0.1, -0.05) is 42.5 Å². The number of ketones is 1. The first-order valence-electron chi connectivity index (χ1n) is 11.9. The first kappa shape index (κ1) is 23.0. The average Bonchev–Trinajstić information content (AvgIpc) is 2.84. The number of anilines is 1. The van der Waals surface area contributed by atoms with Crippen LogP contribution in [0.2, 0.25) is 0 Å². The van der Waals surface area contributed by atoms with Crippen LogP contribution in [0.25, 0.3) is 0 Å². The van der Waals surface area contributed by atoms with E-state index in [0.29, 0.717) is 12.0 Å². The van der Waals surface area contributed by atoms with E-state index in [1.807, 2.05) is 37.3 Å². The predicted molar refractivity (Wildman–Crippen MR) is 131 cm³/mol. The van der Waals surface area contributed by atoms with Crippen LogP contribution >= 0.6 is 0 Å². The minimum atomic E-state index is -0.603. The van der Waals surface area contributed by atoms with Crippen molar-refractivity contribution >= 4 is 23.2 Å². The number of Topliss-reactive ketones (excluding diaryl/α,β-unsaturated/α-hetero) is 1. The Hall–Kier alpha value is -3.21. The fraction of sp³-hybridized carbons (Fsp3) is 0.393. The van der Waals surface area contributed by atoms with Crippen LogP contribution in [0.15, 0.2) is 70.9 Å². The summed E-state index contributed by atoms with van der Waals surface area (Å²) in [7, 11) is 0. The molecule has 2 aromatic rings. The first-order chi connectivity index (χ1) is 16.0. The second-order valence-corrected chi connectivity index (χ2v) is 8.70. The maximum Gasteiger partial charge on any atom is 0.315 e. The molecule has 2 aliphatic rings. The van der Waals surface area contributed by atoms with Gasteiger partial charge < -0.3 is 9.64 Å². The van der Waals surface area contributed by atoms with Crippen LogP contribution in [0, 0.1) is 5.92 Å². The lowest BCUT2D eigenvalue weighted by atomic mass is 9.71. The summed E-state index contributed by atoms with van der Waals surface area (Å²) in [5, 5.41) is 0. The van der Waals surface area contributed by atoms with Gasteiger partial charge >= 0.3 is 5.97 Å². The second kappa shape index (κ2) is 10.2. The van der Waals surface area contributed by atoms with Crippen molar-refractivity contribution in [1.29, 1.82) is 0 Å². The smallest absolute Gasteiger partial charge is 0.315 e. The molecule has 33 heavy (non-hydrogen) atoms. The van der Waals surface area contributed by atoms with Gasteiger partial charge in [0.25, 0.3) is 0 Å². The molecule has 4 rings (SSSR count). The van der Waals surface area contributed by atoms with E-state index in [9.17, 15) is 9.59 Å². The van der Waals surface area contributed by atoms with Crippen molar-refractivity contribution in [3.63, 3.8) is 0 Å². The molecule has 5 heteroatoms. The maximum absolute atomic E-state index is 13.4. The van der Waals surface area contributed by atoms with E-state index >= 15 is 0 Å². The molecule has 0 radical (unpaired) electrons. The monoisotopic (exact) mass is 444 g/mol. The van der Waals surface area contributed by atoms with Crippen molar-refractivity contribution in [2.75, 3.05) is 18.0 Å². The topological polar surface area (TPSA) is 59.0 Å². The van der Waals surface area contributed by atoms with E-state index in [2.05, 4.69) is 43.0 Å². The Labute approximate surface area is 196 Å². The molecule has 1 aliphatic heterocycles. The predicted octanol–water partition coefficient (Wildman–Crippen LogP) is 5.46. The van der Waals surface area contributed by atoms with Gasteiger partial charge in [0.15, 0.2) is 5.78 Å². The molecule has 0 aromatic heterocycles. The van der Waals surface area contributed by atoms with Crippen molar-refractivity contribution in [3.8, 4) is 0 Å². The lowest BCUT2D eigenvalue weighted by Gasteiger charge is -2.34. The number of hydrogen-bond acceptors (Lipinski definition) is 5. The number of carbonyl (C=O) groups excluding carboxylic acids is 2. The highest BCUT2D eigenvalue weighted by Gasteiger charge is 2.43. The third-order valence-corrected chi connectivity index (χ3v) is 6.69. The van der Waals surface area contributed by atoms with Gasteiger partial charge in [-0.15, -0.1) is 0 Å². The number of ether oxygens (including phenoxy) is 1. The van der Waals surface area contributed by atoms with E-state index < -0.39 is 5.92 Å². The van der Waals surface area contributed by atoms with Crippen molar-refractivity contribution in [2.45, 2.75) is 52.6 Å². The number of aliphatic imine (C=N–C) groups is 1. The molecule has 0 saturated heterocycles. The largest absolute Gasteiger partial charge is 0.460 e. The van der Waals surface area contributed by atoms with Gasteiger partial charge in [-0.05, 0) is 56.9 Å². The molecule has 2 unspecified atom stereocenters. The van der Waals surface area contributed by atoms with Crippen LogP contribution in [0.5, 0.6) is 0 Å². The number of hydrogen-bond donors (Lipinski definition) is 0. The van der Waals surface area contributed by atoms with E-state index in [4.69, 9.17) is 9.73 Å². The Morgan fingerprint density at radius 2 is 1.73 bits per heavy atom. The first-order valence-corrected chi connectivity index (χ1v) is 11.9. The minimum absolute atomic E-state index is 0.103. The van der Waals surface area contributed by atoms with Crippen LogP contribution in [0.3, 0.4) is 0 Å². The number of nitrogens with zero attached hydrogens (tertiary/aromatic N) is 2. The van der Waals surface area contributed by atoms with Crippen molar-refractivity contribution in [3.05, 3.63) is 77.0 Å². The summed E-state index contributed by atoms with van der Waals surface area (Å²) >= 11 is 0. The zero-order chi connectivity index (χ0) is 23.4. The number of benzene rings is 2. The molecule has 0 amide bonds. The van der Waals surface area contributed by atoms with Crippen molar-refractivity contribution < 1.29 is 14.3 Å². The molecule has 0 saturated carbocycles. The summed E-state index contributed by atoms with van der Waals surface area (Å²) < 4.78 is 5.74. The lowest BCUT2D eigenvalue weighted by molar-refractivity contribution is -0.148. The summed E-state index contributed by atoms with van der Waals surface area (Å²) in [6.45, 7) is 8.20. The summed E-state index contributed by atoms with van der Waals surface area (Å²) in [6.07, 6.45) is 2.09. The van der Waals surface area contributed by atoms with Crippen LogP contribution in [0.1, 0.15) is 57.1 Å². The molecule has 172 valence electrons. The van der Waals surface area contributed by atoms with E-state index in [1.54, 1.807) is 0 Å². The zero-order valence-electron chi connectivity index (χ0n) is 19.7. The fourth-order valence-electron chi connectivity index (χ4n) is 4.97. The Bertz CT molecular complexity index is 1070. The molecule has 1 heterocycles. The highest BCUT2D eigenvalue weighted by molar-refractivity contribution is 6.08. The average molecular weight is 445 g/mol. The third kappa shape index (κ3) is 4.77. The molecule has 0 fully saturated rings. The van der Waals surface area contributed by atoms with Crippen LogP contribution in [0.4, 0.5) is 5.69 Å². The Kier molecular flexibility index (Phi) is 7.07. The Morgan fingerprint density at radius 3 is 2.39 bits per heavy atom. The molecule has 0 N–H and O–H groups in total. The van der Waals surface area contributed by atoms with Crippen molar-refractivity contribution in [2.24, 2.45) is 10.9 Å². The molecular formula is C28H32N2O3. The van der Waals surface area contributed by atoms with Gasteiger partial charge in [-0.25, -0.2) is 0 Å². The minimum Gasteiger partial charge on any atom is -0.460 e. The number of rotatable bonds is 7. The third-order valence-electron chi connectivity index (χ3n) is 6.69. The number of allylic oxidation sites excluding steroid dienone is 2. The molecule has 2 atom stereocenters. The maximum atomic E-state index is 13.4.